The van der Waals surface area contributed by atoms with Gasteiger partial charge in [-0.3, -0.25) is 4.79 Å². The first-order chi connectivity index (χ1) is 8.52. The van der Waals surface area contributed by atoms with E-state index in [1.54, 1.807) is 0 Å². The van der Waals surface area contributed by atoms with Gasteiger partial charge in [0.1, 0.15) is 0 Å². The van der Waals surface area contributed by atoms with Crippen molar-refractivity contribution < 1.29 is 26.7 Å². The number of aryl methyl sites for hydroxylation is 2. The summed E-state index contributed by atoms with van der Waals surface area (Å²) in [5.41, 5.74) is 2.74. The fourth-order valence-corrected chi connectivity index (χ4v) is 1.62. The molecule has 1 aromatic carbocycles. The third-order valence-electron chi connectivity index (χ3n) is 3.17. The molecule has 0 fully saturated rings. The van der Waals surface area contributed by atoms with Crippen LogP contribution in [0.2, 0.25) is 0 Å². The van der Waals surface area contributed by atoms with Gasteiger partial charge in [-0.2, -0.15) is 0 Å². The predicted molar refractivity (Wildman–Crippen MR) is 76.9 cm³/mol. The third-order valence-corrected chi connectivity index (χ3v) is 3.17. The number of aliphatic carboxylic acids is 1. The van der Waals surface area contributed by atoms with E-state index in [0.717, 1.165) is 25.7 Å². The number of carbonyl (C=O) groups is 1. The van der Waals surface area contributed by atoms with E-state index in [9.17, 15) is 4.79 Å². The predicted octanol–water partition coefficient (Wildman–Crippen LogP) is 4.59. The molecule has 0 aliphatic heterocycles. The first kappa shape index (κ1) is 20.5. The zero-order valence-electron chi connectivity index (χ0n) is 12.4. The molecule has 1 atom stereocenters. The fraction of sp³-hybridized carbons (Fsp3) is 0.562. The largest absolute Gasteiger partial charge is 0.481 e. The smallest absolute Gasteiger partial charge is 0.306 e. The molecular weight excluding hydrogens is 283 g/mol. The van der Waals surface area contributed by atoms with E-state index in [-0.39, 0.29) is 22.7 Å². The zero-order valence-corrected chi connectivity index (χ0v) is 13.4. The molecule has 0 bridgehead atoms. The molecule has 1 aromatic rings. The summed E-state index contributed by atoms with van der Waals surface area (Å²) < 4.78 is 0. The van der Waals surface area contributed by atoms with Crippen LogP contribution in [0.5, 0.6) is 0 Å². The molecule has 0 amide bonds. The molecule has 0 aromatic heterocycles. The fourth-order valence-electron chi connectivity index (χ4n) is 1.62. The molecule has 0 heterocycles. The van der Waals surface area contributed by atoms with Gasteiger partial charge in [-0.15, -0.1) is 0 Å². The van der Waals surface area contributed by atoms with Crippen molar-refractivity contribution in [2.45, 2.75) is 53.4 Å². The zero-order chi connectivity index (χ0) is 14.0. The molecule has 1 rings (SSSR count). The van der Waals surface area contributed by atoms with Crippen molar-refractivity contribution in [3.63, 3.8) is 0 Å². The van der Waals surface area contributed by atoms with Crippen LogP contribution >= 0.6 is 0 Å². The Hall–Kier alpha value is -0.804. The minimum absolute atomic E-state index is 0. The van der Waals surface area contributed by atoms with Crippen LogP contribution in [-0.2, 0) is 21.6 Å². The second kappa shape index (κ2) is 12.2. The van der Waals surface area contributed by atoms with E-state index in [2.05, 4.69) is 45.0 Å². The van der Waals surface area contributed by atoms with Gasteiger partial charge in [-0.1, -0.05) is 51.0 Å². The second-order valence-corrected chi connectivity index (χ2v) is 4.67. The van der Waals surface area contributed by atoms with Crippen molar-refractivity contribution in [1.82, 2.24) is 0 Å². The second-order valence-electron chi connectivity index (χ2n) is 4.67. The van der Waals surface area contributed by atoms with Crippen LogP contribution in [0.1, 0.15) is 50.7 Å². The van der Waals surface area contributed by atoms with Gasteiger partial charge in [0.25, 0.3) is 0 Å². The number of hydrogen-bond acceptors (Lipinski definition) is 1. The summed E-state index contributed by atoms with van der Waals surface area (Å²) in [4.78, 5) is 10.4. The third kappa shape index (κ3) is 9.74. The molecule has 2 nitrogen and oxygen atoms in total. The number of unbranched alkanes of at least 4 members (excludes halogenated alkanes) is 1. The van der Waals surface area contributed by atoms with Gasteiger partial charge >= 0.3 is 5.97 Å². The van der Waals surface area contributed by atoms with E-state index in [4.69, 9.17) is 5.11 Å². The van der Waals surface area contributed by atoms with Crippen LogP contribution in [0.25, 0.3) is 0 Å². The molecule has 0 saturated carbocycles. The molecule has 0 aliphatic rings. The quantitative estimate of drug-likeness (QED) is 0.864. The van der Waals surface area contributed by atoms with E-state index >= 15 is 0 Å². The van der Waals surface area contributed by atoms with Crippen LogP contribution < -0.4 is 0 Å². The normalized spacial score (nSPS) is 10.7. The number of benzene rings is 1. The molecule has 1 radical (unpaired) electrons. The molecule has 0 saturated heterocycles. The Balaban J connectivity index is 0. The van der Waals surface area contributed by atoms with Gasteiger partial charge in [0, 0.05) is 16.8 Å². The first-order valence-corrected chi connectivity index (χ1v) is 6.77. The minimum atomic E-state index is -0.643. The Morgan fingerprint density at radius 3 is 1.89 bits per heavy atom. The Morgan fingerprint density at radius 2 is 1.63 bits per heavy atom. The maximum atomic E-state index is 10.4. The monoisotopic (exact) mass is 309 g/mol. The van der Waals surface area contributed by atoms with Crippen LogP contribution in [0.3, 0.4) is 0 Å². The minimum Gasteiger partial charge on any atom is -0.481 e. The molecule has 1 N–H and O–H groups in total. The van der Waals surface area contributed by atoms with Crippen molar-refractivity contribution in [3.8, 4) is 0 Å². The van der Waals surface area contributed by atoms with E-state index < -0.39 is 5.97 Å². The molecule has 0 spiro atoms. The number of rotatable bonds is 5. The molecule has 1 unspecified atom stereocenters. The number of carboxylic acid groups (broad SMARTS) is 1. The maximum absolute atomic E-state index is 10.4. The van der Waals surface area contributed by atoms with Gasteiger partial charge in [0.2, 0.25) is 0 Å². The average Bonchev–Trinajstić information content (AvgIpc) is 2.34. The summed E-state index contributed by atoms with van der Waals surface area (Å²) in [5, 5.41) is 8.60. The van der Waals surface area contributed by atoms with Crippen molar-refractivity contribution >= 4 is 5.97 Å². The van der Waals surface area contributed by atoms with Crippen molar-refractivity contribution in [2.24, 2.45) is 5.92 Å². The standard InChI is InChI=1S/C8H16O2.C8H10.Co/c1-3-5-6-7(4-2)8(9)10;1-7-5-3-4-6-8(7)2;/h7H,3-6H2,1-2H3,(H,9,10);3-6H,1-2H3;. The molecular formula is C16H26CoO2. The summed E-state index contributed by atoms with van der Waals surface area (Å²) in [6.07, 6.45) is 3.71. The van der Waals surface area contributed by atoms with Crippen molar-refractivity contribution in [2.75, 3.05) is 0 Å². The average molecular weight is 309 g/mol. The van der Waals surface area contributed by atoms with E-state index in [1.807, 2.05) is 6.92 Å². The van der Waals surface area contributed by atoms with Crippen LogP contribution in [0, 0.1) is 19.8 Å². The van der Waals surface area contributed by atoms with Crippen molar-refractivity contribution in [1.29, 1.82) is 0 Å². The number of carboxylic acids is 1. The summed E-state index contributed by atoms with van der Waals surface area (Å²) in [6, 6.07) is 8.36. The summed E-state index contributed by atoms with van der Waals surface area (Å²) in [5.74, 6) is -0.754. The van der Waals surface area contributed by atoms with Gasteiger partial charge in [0.15, 0.2) is 0 Å². The summed E-state index contributed by atoms with van der Waals surface area (Å²) in [6.45, 7) is 8.24. The van der Waals surface area contributed by atoms with Crippen LogP contribution in [0.15, 0.2) is 24.3 Å². The van der Waals surface area contributed by atoms with E-state index in [0.29, 0.717) is 0 Å². The van der Waals surface area contributed by atoms with Gasteiger partial charge in [0.05, 0.1) is 5.92 Å². The van der Waals surface area contributed by atoms with Crippen LogP contribution in [0.4, 0.5) is 0 Å². The number of hydrogen-bond donors (Lipinski definition) is 1. The van der Waals surface area contributed by atoms with E-state index in [1.165, 1.54) is 11.1 Å². The molecule has 3 heteroatoms. The van der Waals surface area contributed by atoms with Crippen molar-refractivity contribution in [3.05, 3.63) is 35.4 Å². The summed E-state index contributed by atoms with van der Waals surface area (Å²) in [7, 11) is 0. The molecule has 111 valence electrons. The maximum Gasteiger partial charge on any atom is 0.306 e. The first-order valence-electron chi connectivity index (χ1n) is 6.77. The van der Waals surface area contributed by atoms with Gasteiger partial charge < -0.3 is 5.11 Å². The Morgan fingerprint density at radius 1 is 1.16 bits per heavy atom. The Labute approximate surface area is 127 Å². The Bertz CT molecular complexity index is 329. The topological polar surface area (TPSA) is 37.3 Å². The molecule has 19 heavy (non-hydrogen) atoms. The summed E-state index contributed by atoms with van der Waals surface area (Å²) >= 11 is 0. The SMILES string of the molecule is CCCCC(CC)C(=O)O.Cc1ccccc1C.[Co]. The van der Waals surface area contributed by atoms with Gasteiger partial charge in [-0.25, -0.2) is 0 Å². The Kier molecular flexibility index (Phi) is 13.2. The van der Waals surface area contributed by atoms with Gasteiger partial charge in [-0.05, 0) is 37.8 Å². The molecule has 0 aliphatic carbocycles. The van der Waals surface area contributed by atoms with Crippen LogP contribution in [-0.4, -0.2) is 11.1 Å².